The summed E-state index contributed by atoms with van der Waals surface area (Å²) in [5.74, 6) is -3.03. The van der Waals surface area contributed by atoms with E-state index in [1.807, 2.05) is 83.1 Å². The Kier molecular flexibility index (Phi) is 17.3. The average molecular weight is 978 g/mol. The molecule has 0 unspecified atom stereocenters. The third-order valence-electron chi connectivity index (χ3n) is 13.0. The van der Waals surface area contributed by atoms with E-state index in [1.165, 1.54) is 9.80 Å². The van der Waals surface area contributed by atoms with Crippen LogP contribution in [0.2, 0.25) is 0 Å². The SMILES string of the molecule is Cc1ncsc1-c1ccc(CNC(=O)[C@@H]2C[C@@H](O)CN2C(=O)[C@@H](NC(=O)COCCOCCCCCOc2cc(F)c([C@@H]3C4=C(C[C@@H](C)N3CC(F)F)c3ccccc3C4)c(F)c2)C(C)(C)C)cc1. The van der Waals surface area contributed by atoms with Crippen molar-refractivity contribution in [1.82, 2.24) is 25.4 Å². The van der Waals surface area contributed by atoms with Gasteiger partial charge in [0.1, 0.15) is 36.1 Å². The summed E-state index contributed by atoms with van der Waals surface area (Å²) in [7, 11) is 0. The summed E-state index contributed by atoms with van der Waals surface area (Å²) < 4.78 is 76.3. The predicted octanol–water partition coefficient (Wildman–Crippen LogP) is 8.20. The highest BCUT2D eigenvalue weighted by Gasteiger charge is 2.45. The first-order valence-corrected chi connectivity index (χ1v) is 24.5. The number of alkyl halides is 2. The normalized spacial score (nSPS) is 19.7. The number of likely N-dealkylation sites (tertiary alicyclic amines) is 1. The second-order valence-corrected chi connectivity index (χ2v) is 20.1. The fourth-order valence-electron chi connectivity index (χ4n) is 9.55. The van der Waals surface area contributed by atoms with E-state index in [2.05, 4.69) is 15.6 Å². The van der Waals surface area contributed by atoms with Crippen LogP contribution in [0, 0.1) is 24.0 Å². The van der Waals surface area contributed by atoms with Crippen molar-refractivity contribution in [2.75, 3.05) is 46.1 Å². The summed E-state index contributed by atoms with van der Waals surface area (Å²) >= 11 is 1.56. The van der Waals surface area contributed by atoms with Crippen molar-refractivity contribution in [1.29, 1.82) is 0 Å². The number of amides is 3. The number of thiazole rings is 1. The molecule has 1 aliphatic carbocycles. The van der Waals surface area contributed by atoms with Gasteiger partial charge in [-0.05, 0) is 84.8 Å². The van der Waals surface area contributed by atoms with Gasteiger partial charge in [-0.25, -0.2) is 22.5 Å². The van der Waals surface area contributed by atoms with Crippen LogP contribution in [0.15, 0.2) is 71.7 Å². The van der Waals surface area contributed by atoms with Gasteiger partial charge in [0.2, 0.25) is 17.7 Å². The molecule has 0 bridgehead atoms. The van der Waals surface area contributed by atoms with E-state index in [1.54, 1.807) is 16.8 Å². The number of carbonyl (C=O) groups excluding carboxylic acids is 3. The van der Waals surface area contributed by atoms with Gasteiger partial charge in [0.15, 0.2) is 0 Å². The van der Waals surface area contributed by atoms with Crippen LogP contribution in [-0.2, 0) is 36.8 Å². The Bertz CT molecular complexity index is 2440. The number of hydrogen-bond acceptors (Lipinski definition) is 10. The molecule has 372 valence electrons. The fourth-order valence-corrected chi connectivity index (χ4v) is 10.4. The van der Waals surface area contributed by atoms with Crippen molar-refractivity contribution in [2.24, 2.45) is 5.41 Å². The Hall–Kier alpha value is -5.20. The number of fused-ring (bicyclic) bond motifs is 2. The zero-order valence-corrected chi connectivity index (χ0v) is 40.7. The molecule has 3 aromatic carbocycles. The van der Waals surface area contributed by atoms with Crippen molar-refractivity contribution in [2.45, 2.75) is 116 Å². The molecule has 12 nitrogen and oxygen atoms in total. The smallest absolute Gasteiger partial charge is 0.251 e. The van der Waals surface area contributed by atoms with Crippen LogP contribution in [0.4, 0.5) is 17.6 Å². The molecule has 3 aliphatic rings. The molecule has 5 atom stereocenters. The van der Waals surface area contributed by atoms with Crippen LogP contribution >= 0.6 is 11.3 Å². The number of ether oxygens (including phenoxy) is 3. The Balaban J connectivity index is 0.799. The number of carbonyl (C=O) groups is 3. The number of hydrogen-bond donors (Lipinski definition) is 3. The molecule has 1 aromatic heterocycles. The third-order valence-corrected chi connectivity index (χ3v) is 14.0. The molecule has 3 N–H and O–H groups in total. The number of aliphatic hydroxyl groups excluding tert-OH is 1. The van der Waals surface area contributed by atoms with Gasteiger partial charge in [0.25, 0.3) is 6.43 Å². The van der Waals surface area contributed by atoms with Gasteiger partial charge in [-0.3, -0.25) is 19.3 Å². The molecule has 1 fully saturated rings. The third kappa shape index (κ3) is 12.8. The number of aliphatic hydroxyl groups is 1. The zero-order valence-electron chi connectivity index (χ0n) is 39.9. The van der Waals surface area contributed by atoms with Crippen LogP contribution < -0.4 is 15.4 Å². The number of benzene rings is 3. The zero-order chi connectivity index (χ0) is 49.4. The van der Waals surface area contributed by atoms with Crippen molar-refractivity contribution >= 4 is 34.6 Å². The number of aromatic nitrogens is 1. The van der Waals surface area contributed by atoms with Crippen molar-refractivity contribution in [3.8, 4) is 16.2 Å². The lowest BCUT2D eigenvalue weighted by molar-refractivity contribution is -0.144. The minimum absolute atomic E-state index is 0.0242. The van der Waals surface area contributed by atoms with Gasteiger partial charge in [-0.1, -0.05) is 69.3 Å². The topological polar surface area (TPSA) is 143 Å². The number of nitrogens with one attached hydrogen (secondary N) is 2. The molecule has 17 heteroatoms. The number of rotatable bonds is 21. The number of unbranched alkanes of at least 4 members (excludes halogenated alkanes) is 2. The lowest BCUT2D eigenvalue weighted by Gasteiger charge is -2.42. The minimum Gasteiger partial charge on any atom is -0.493 e. The maximum atomic E-state index is 15.9. The fraction of sp³-hybridized carbons (Fsp3) is 0.500. The summed E-state index contributed by atoms with van der Waals surface area (Å²) in [6.07, 6.45) is -0.568. The standard InChI is InChI=1S/C52H63F4N5O7S/c1-31-21-39-38-12-8-7-11-35(38)22-40(39)47(60(31)28-44(55)56)46-41(53)24-37(25-42(46)54)68-18-10-6-9-17-66-19-20-67-29-45(63)59-49(52(3,4)5)51(65)61-27-36(62)23-43(61)50(64)57-26-33-13-15-34(16-14-33)48-32(2)58-30-69-48/h7-8,11-16,24-25,30-31,36,43-44,47,49,62H,6,9-10,17-23,26-29H2,1-5H3,(H,57,64)(H,59,63)/t31-,36-,43+,47+,49-/m1/s1. The Morgan fingerprint density at radius 1 is 0.957 bits per heavy atom. The molecular formula is C52H63F4N5O7S. The summed E-state index contributed by atoms with van der Waals surface area (Å²) in [4.78, 5) is 48.6. The number of aryl methyl sites for hydroxylation is 1. The van der Waals surface area contributed by atoms with E-state index in [0.29, 0.717) is 38.7 Å². The summed E-state index contributed by atoms with van der Waals surface area (Å²) in [5, 5.41) is 16.2. The molecule has 69 heavy (non-hydrogen) atoms. The van der Waals surface area contributed by atoms with Crippen molar-refractivity contribution in [3.63, 3.8) is 0 Å². The molecular weight excluding hydrogens is 915 g/mol. The maximum Gasteiger partial charge on any atom is 0.251 e. The second kappa shape index (κ2) is 23.1. The highest BCUT2D eigenvalue weighted by atomic mass is 32.1. The van der Waals surface area contributed by atoms with Crippen LogP contribution in [-0.4, -0.2) is 114 Å². The molecule has 1 saturated heterocycles. The molecule has 4 aromatic rings. The van der Waals surface area contributed by atoms with E-state index < -0.39 is 72.0 Å². The van der Waals surface area contributed by atoms with Gasteiger partial charge in [0, 0.05) is 49.9 Å². The van der Waals surface area contributed by atoms with Gasteiger partial charge in [-0.15, -0.1) is 11.3 Å². The molecule has 0 radical (unpaired) electrons. The van der Waals surface area contributed by atoms with Gasteiger partial charge in [-0.2, -0.15) is 0 Å². The summed E-state index contributed by atoms with van der Waals surface area (Å²) in [6, 6.07) is 14.6. The van der Waals surface area contributed by atoms with Gasteiger partial charge < -0.3 is 34.9 Å². The highest BCUT2D eigenvalue weighted by molar-refractivity contribution is 7.13. The molecule has 2 aliphatic heterocycles. The lowest BCUT2D eigenvalue weighted by atomic mass is 9.84. The Morgan fingerprint density at radius 2 is 1.67 bits per heavy atom. The van der Waals surface area contributed by atoms with Gasteiger partial charge in [0.05, 0.1) is 54.6 Å². The monoisotopic (exact) mass is 977 g/mol. The molecule has 7 rings (SSSR count). The quantitative estimate of drug-likeness (QED) is 0.0557. The van der Waals surface area contributed by atoms with Crippen LogP contribution in [0.5, 0.6) is 5.75 Å². The minimum atomic E-state index is -2.67. The molecule has 0 saturated carbocycles. The number of β-amino-alcohol motifs (C(OH)–C–C–N with tert-alkyl or cyclic N) is 1. The number of halogens is 4. The summed E-state index contributed by atoms with van der Waals surface area (Å²) in [5.41, 5.74) is 7.46. The second-order valence-electron chi connectivity index (χ2n) is 19.2. The van der Waals surface area contributed by atoms with E-state index in [9.17, 15) is 28.3 Å². The first-order chi connectivity index (χ1) is 33.0. The van der Waals surface area contributed by atoms with Crippen LogP contribution in [0.3, 0.4) is 0 Å². The van der Waals surface area contributed by atoms with Crippen molar-refractivity contribution in [3.05, 3.63) is 111 Å². The molecule has 3 heterocycles. The van der Waals surface area contributed by atoms with E-state index in [4.69, 9.17) is 14.2 Å². The van der Waals surface area contributed by atoms with E-state index in [0.717, 1.165) is 56.1 Å². The van der Waals surface area contributed by atoms with Crippen LogP contribution in [0.1, 0.15) is 93.8 Å². The Morgan fingerprint density at radius 3 is 2.36 bits per heavy atom. The van der Waals surface area contributed by atoms with E-state index in [-0.39, 0.29) is 63.3 Å². The first-order valence-electron chi connectivity index (χ1n) is 23.7. The van der Waals surface area contributed by atoms with Crippen molar-refractivity contribution < 1.29 is 51.3 Å². The van der Waals surface area contributed by atoms with Crippen LogP contribution in [0.25, 0.3) is 16.0 Å². The number of nitrogens with zero attached hydrogens (tertiary/aromatic N) is 3. The van der Waals surface area contributed by atoms with E-state index >= 15 is 8.78 Å². The predicted molar refractivity (Wildman–Crippen MR) is 256 cm³/mol. The van der Waals surface area contributed by atoms with Gasteiger partial charge >= 0.3 is 0 Å². The largest absolute Gasteiger partial charge is 0.493 e. The Labute approximate surface area is 405 Å². The maximum absolute atomic E-state index is 15.9. The molecule has 3 amide bonds. The first kappa shape index (κ1) is 51.6. The summed E-state index contributed by atoms with van der Waals surface area (Å²) in [6.45, 7) is 9.41. The highest BCUT2D eigenvalue weighted by Crippen LogP contribution is 2.50. The molecule has 0 spiro atoms. The average Bonchev–Trinajstić information content (AvgIpc) is 4.03. The lowest BCUT2D eigenvalue weighted by Crippen LogP contribution is -2.58.